The lowest BCUT2D eigenvalue weighted by atomic mass is 9.98. The molecule has 40 heavy (non-hydrogen) atoms. The summed E-state index contributed by atoms with van der Waals surface area (Å²) in [5.74, 6) is -4.80. The molecule has 15 heteroatoms. The SMILES string of the molecule is COc1cc(C2Oc3cc(O)cc(O)c3C=C2O[C@@H]2O[C@H](COC(=O)CC(=O)O)[C@H](O)[C@H](O)[C@@H]2O)cc(O)c1O. The van der Waals surface area contributed by atoms with E-state index >= 15 is 0 Å². The van der Waals surface area contributed by atoms with Gasteiger partial charge < -0.3 is 64.5 Å². The standard InChI is InChI=1S/C25H26O15/c1-36-15-3-9(2-13(28)20(15)32)24-16(6-11-12(27)4-10(26)5-14(11)38-24)39-25-23(35)22(34)21(33)17(40-25)8-37-19(31)7-18(29)30/h2-6,17,21-28,32-35H,7-8H2,1H3,(H,29,30)/t17-,21+,22+,23+,24?,25-/m1/s1. The number of carbonyl (C=O) groups is 2. The molecule has 0 saturated carbocycles. The molecule has 2 aromatic carbocycles. The van der Waals surface area contributed by atoms with Crippen LogP contribution in [0.15, 0.2) is 30.0 Å². The van der Waals surface area contributed by atoms with Gasteiger partial charge in [0.1, 0.15) is 60.5 Å². The van der Waals surface area contributed by atoms with E-state index in [1.807, 2.05) is 0 Å². The van der Waals surface area contributed by atoms with Gasteiger partial charge in [-0.25, -0.2) is 0 Å². The summed E-state index contributed by atoms with van der Waals surface area (Å²) in [5.41, 5.74) is 0.181. The van der Waals surface area contributed by atoms with Crippen LogP contribution in [0.5, 0.6) is 34.5 Å². The van der Waals surface area contributed by atoms with Gasteiger partial charge in [0.05, 0.1) is 12.7 Å². The normalized spacial score (nSPS) is 25.6. The van der Waals surface area contributed by atoms with Gasteiger partial charge in [-0.2, -0.15) is 0 Å². The highest BCUT2D eigenvalue weighted by Crippen LogP contribution is 2.47. The third-order valence-corrected chi connectivity index (χ3v) is 6.12. The average Bonchev–Trinajstić information content (AvgIpc) is 2.89. The van der Waals surface area contributed by atoms with Gasteiger partial charge in [0.25, 0.3) is 0 Å². The second kappa shape index (κ2) is 11.4. The first kappa shape index (κ1) is 28.6. The summed E-state index contributed by atoms with van der Waals surface area (Å²) in [6.07, 6.45) is -9.63. The van der Waals surface area contributed by atoms with Crippen LogP contribution in [-0.2, 0) is 23.8 Å². The zero-order chi connectivity index (χ0) is 29.3. The smallest absolute Gasteiger partial charge is 0.317 e. The highest BCUT2D eigenvalue weighted by atomic mass is 16.7. The maximum atomic E-state index is 11.6. The molecule has 2 aliphatic rings. The van der Waals surface area contributed by atoms with Crippen LogP contribution < -0.4 is 9.47 Å². The third kappa shape index (κ3) is 5.76. The van der Waals surface area contributed by atoms with E-state index in [1.54, 1.807) is 0 Å². The van der Waals surface area contributed by atoms with E-state index in [2.05, 4.69) is 0 Å². The molecule has 8 N–H and O–H groups in total. The molecular weight excluding hydrogens is 540 g/mol. The van der Waals surface area contributed by atoms with E-state index in [-0.39, 0.29) is 34.1 Å². The number of aliphatic hydroxyl groups is 3. The van der Waals surface area contributed by atoms with Crippen molar-refractivity contribution in [2.75, 3.05) is 13.7 Å². The van der Waals surface area contributed by atoms with Crippen molar-refractivity contribution in [2.45, 2.75) is 43.2 Å². The van der Waals surface area contributed by atoms with Crippen molar-refractivity contribution in [1.82, 2.24) is 0 Å². The Morgan fingerprint density at radius 2 is 1.68 bits per heavy atom. The Labute approximate surface area is 225 Å². The Morgan fingerprint density at radius 3 is 2.35 bits per heavy atom. The zero-order valence-electron chi connectivity index (χ0n) is 20.7. The van der Waals surface area contributed by atoms with Crippen molar-refractivity contribution in [3.05, 3.63) is 41.2 Å². The summed E-state index contributed by atoms with van der Waals surface area (Å²) in [6, 6.07) is 4.64. The number of hydrogen-bond donors (Lipinski definition) is 8. The Morgan fingerprint density at radius 1 is 0.950 bits per heavy atom. The van der Waals surface area contributed by atoms with Gasteiger partial charge in [-0.3, -0.25) is 9.59 Å². The van der Waals surface area contributed by atoms with Crippen LogP contribution >= 0.6 is 0 Å². The number of carboxylic acid groups (broad SMARTS) is 1. The molecule has 2 heterocycles. The van der Waals surface area contributed by atoms with Crippen LogP contribution in [0.25, 0.3) is 6.08 Å². The van der Waals surface area contributed by atoms with Gasteiger partial charge in [-0.1, -0.05) is 0 Å². The molecule has 0 amide bonds. The number of rotatable bonds is 8. The molecule has 4 rings (SSSR count). The molecule has 0 spiro atoms. The molecule has 1 saturated heterocycles. The lowest BCUT2D eigenvalue weighted by molar-refractivity contribution is -0.294. The largest absolute Gasteiger partial charge is 0.508 e. The number of aromatic hydroxyl groups is 4. The molecule has 0 aromatic heterocycles. The van der Waals surface area contributed by atoms with Crippen molar-refractivity contribution in [1.29, 1.82) is 0 Å². The maximum Gasteiger partial charge on any atom is 0.317 e. The van der Waals surface area contributed by atoms with E-state index in [4.69, 9.17) is 28.8 Å². The predicted molar refractivity (Wildman–Crippen MR) is 128 cm³/mol. The minimum Gasteiger partial charge on any atom is -0.508 e. The van der Waals surface area contributed by atoms with E-state index < -0.39 is 79.0 Å². The first-order valence-corrected chi connectivity index (χ1v) is 11.7. The fourth-order valence-electron chi connectivity index (χ4n) is 4.13. The van der Waals surface area contributed by atoms with Crippen molar-refractivity contribution < 1.29 is 74.1 Å². The highest BCUT2D eigenvalue weighted by Gasteiger charge is 2.46. The molecule has 6 atom stereocenters. The Bertz CT molecular complexity index is 1320. The predicted octanol–water partition coefficient (Wildman–Crippen LogP) is -0.166. The molecule has 2 aliphatic heterocycles. The van der Waals surface area contributed by atoms with E-state index in [0.29, 0.717) is 0 Å². The minimum absolute atomic E-state index is 0.00910. The molecule has 0 radical (unpaired) electrons. The lowest BCUT2D eigenvalue weighted by Crippen LogP contribution is -2.59. The Kier molecular flexibility index (Phi) is 8.11. The van der Waals surface area contributed by atoms with Crippen molar-refractivity contribution in [3.63, 3.8) is 0 Å². The van der Waals surface area contributed by atoms with Gasteiger partial charge in [-0.05, 0) is 18.2 Å². The average molecular weight is 566 g/mol. The molecule has 0 bridgehead atoms. The topological polar surface area (TPSA) is 242 Å². The first-order chi connectivity index (χ1) is 18.9. The van der Waals surface area contributed by atoms with E-state index in [0.717, 1.165) is 12.1 Å². The number of carbonyl (C=O) groups excluding carboxylic acids is 1. The number of aliphatic carboxylic acids is 1. The first-order valence-electron chi connectivity index (χ1n) is 11.7. The molecule has 0 aliphatic carbocycles. The Balaban J connectivity index is 1.67. The second-order valence-electron chi connectivity index (χ2n) is 8.90. The van der Waals surface area contributed by atoms with Crippen LogP contribution in [0, 0.1) is 0 Å². The van der Waals surface area contributed by atoms with Crippen molar-refractivity contribution in [3.8, 4) is 34.5 Å². The van der Waals surface area contributed by atoms with Gasteiger partial charge in [0, 0.05) is 17.7 Å². The highest BCUT2D eigenvalue weighted by molar-refractivity contribution is 5.90. The zero-order valence-corrected chi connectivity index (χ0v) is 20.7. The van der Waals surface area contributed by atoms with Crippen LogP contribution in [0.1, 0.15) is 23.7 Å². The number of phenols is 4. The van der Waals surface area contributed by atoms with Crippen LogP contribution in [0.3, 0.4) is 0 Å². The summed E-state index contributed by atoms with van der Waals surface area (Å²) in [7, 11) is 1.24. The number of benzene rings is 2. The fourth-order valence-corrected chi connectivity index (χ4v) is 4.13. The fraction of sp³-hybridized carbons (Fsp3) is 0.360. The Hall–Kier alpha value is -4.44. The molecule has 216 valence electrons. The summed E-state index contributed by atoms with van der Waals surface area (Å²) < 4.78 is 27.1. The lowest BCUT2D eigenvalue weighted by Gasteiger charge is -2.41. The van der Waals surface area contributed by atoms with Crippen LogP contribution in [0.2, 0.25) is 0 Å². The molecular formula is C25H26O15. The van der Waals surface area contributed by atoms with Crippen molar-refractivity contribution >= 4 is 18.0 Å². The molecule has 1 unspecified atom stereocenters. The number of carboxylic acids is 1. The third-order valence-electron chi connectivity index (χ3n) is 6.12. The van der Waals surface area contributed by atoms with Gasteiger partial charge in [0.15, 0.2) is 17.6 Å². The van der Waals surface area contributed by atoms with E-state index in [1.165, 1.54) is 25.3 Å². The maximum absolute atomic E-state index is 11.6. The number of hydrogen-bond acceptors (Lipinski definition) is 14. The van der Waals surface area contributed by atoms with Gasteiger partial charge >= 0.3 is 11.9 Å². The van der Waals surface area contributed by atoms with Crippen molar-refractivity contribution in [2.24, 2.45) is 0 Å². The van der Waals surface area contributed by atoms with E-state index in [9.17, 15) is 45.3 Å². The molecule has 2 aromatic rings. The number of esters is 1. The number of ether oxygens (including phenoxy) is 5. The number of aliphatic hydroxyl groups excluding tert-OH is 3. The number of methoxy groups -OCH3 is 1. The monoisotopic (exact) mass is 566 g/mol. The quantitative estimate of drug-likeness (QED) is 0.117. The van der Waals surface area contributed by atoms with Crippen LogP contribution in [-0.4, -0.2) is 97.2 Å². The molecule has 15 nitrogen and oxygen atoms in total. The van der Waals surface area contributed by atoms with Crippen LogP contribution in [0.4, 0.5) is 0 Å². The summed E-state index contributed by atoms with van der Waals surface area (Å²) in [6.45, 7) is -0.693. The summed E-state index contributed by atoms with van der Waals surface area (Å²) in [5, 5.41) is 80.5. The molecule has 1 fully saturated rings. The van der Waals surface area contributed by atoms with Gasteiger partial charge in [-0.15, -0.1) is 0 Å². The second-order valence-corrected chi connectivity index (χ2v) is 8.90. The number of fused-ring (bicyclic) bond motifs is 1. The summed E-state index contributed by atoms with van der Waals surface area (Å²) >= 11 is 0. The minimum atomic E-state index is -1.86. The van der Waals surface area contributed by atoms with Gasteiger partial charge in [0.2, 0.25) is 12.0 Å². The summed E-state index contributed by atoms with van der Waals surface area (Å²) in [4.78, 5) is 22.3. The number of phenolic OH excluding ortho intramolecular Hbond substituents is 4.